The van der Waals surface area contributed by atoms with Gasteiger partial charge in [0.2, 0.25) is 0 Å². The van der Waals surface area contributed by atoms with Crippen molar-refractivity contribution < 1.29 is 0 Å². The van der Waals surface area contributed by atoms with Gasteiger partial charge in [0.1, 0.15) is 0 Å². The largest absolute Gasteiger partial charge is 0.323 e. The lowest BCUT2D eigenvalue weighted by Crippen LogP contribution is -2.14. The Morgan fingerprint density at radius 3 is 2.90 bits per heavy atom. The SMILES string of the molecule is CCCc1nnsc1C(N)Cc1ccc2ccccc2n1. The number of rotatable bonds is 5. The number of nitrogens with zero attached hydrogens (tertiary/aromatic N) is 3. The summed E-state index contributed by atoms with van der Waals surface area (Å²) in [6, 6.07) is 12.2. The van der Waals surface area contributed by atoms with Crippen LogP contribution >= 0.6 is 11.5 Å². The molecule has 1 aromatic carbocycles. The molecule has 2 aromatic heterocycles. The Kier molecular flexibility index (Phi) is 4.22. The standard InChI is InChI=1S/C16H18N4S/c1-2-5-15-16(21-20-19-15)13(17)10-12-9-8-11-6-3-4-7-14(11)18-12/h3-4,6-9,13H,2,5,10,17H2,1H3. The van der Waals surface area contributed by atoms with Gasteiger partial charge in [0, 0.05) is 23.5 Å². The van der Waals surface area contributed by atoms with Crippen molar-refractivity contribution in [3.63, 3.8) is 0 Å². The third-order valence-corrected chi connectivity index (χ3v) is 4.39. The van der Waals surface area contributed by atoms with Crippen molar-refractivity contribution >= 4 is 22.4 Å². The molecule has 1 atom stereocenters. The summed E-state index contributed by atoms with van der Waals surface area (Å²) in [6.45, 7) is 2.14. The molecule has 3 aromatic rings. The van der Waals surface area contributed by atoms with Crippen molar-refractivity contribution in [1.82, 2.24) is 14.6 Å². The number of fused-ring (bicyclic) bond motifs is 1. The van der Waals surface area contributed by atoms with Gasteiger partial charge in [-0.3, -0.25) is 4.98 Å². The molecule has 5 heteroatoms. The number of pyridine rings is 1. The van der Waals surface area contributed by atoms with Gasteiger partial charge in [-0.2, -0.15) is 0 Å². The van der Waals surface area contributed by atoms with Crippen LogP contribution in [-0.4, -0.2) is 14.6 Å². The Hall–Kier alpha value is -1.85. The molecule has 0 saturated carbocycles. The summed E-state index contributed by atoms with van der Waals surface area (Å²) in [5, 5.41) is 5.34. The first kappa shape index (κ1) is 14.1. The topological polar surface area (TPSA) is 64.7 Å². The zero-order chi connectivity index (χ0) is 14.7. The zero-order valence-corrected chi connectivity index (χ0v) is 12.8. The quantitative estimate of drug-likeness (QED) is 0.785. The van der Waals surface area contributed by atoms with E-state index in [-0.39, 0.29) is 6.04 Å². The van der Waals surface area contributed by atoms with E-state index in [1.807, 2.05) is 18.2 Å². The molecule has 2 N–H and O–H groups in total. The maximum absolute atomic E-state index is 6.34. The van der Waals surface area contributed by atoms with E-state index in [0.717, 1.165) is 40.0 Å². The molecular weight excluding hydrogens is 280 g/mol. The van der Waals surface area contributed by atoms with E-state index in [9.17, 15) is 0 Å². The average molecular weight is 298 g/mol. The van der Waals surface area contributed by atoms with Crippen LogP contribution in [0.25, 0.3) is 10.9 Å². The number of para-hydroxylation sites is 1. The van der Waals surface area contributed by atoms with Crippen LogP contribution in [0.5, 0.6) is 0 Å². The molecule has 1 unspecified atom stereocenters. The first-order chi connectivity index (χ1) is 10.3. The molecule has 0 spiro atoms. The van der Waals surface area contributed by atoms with E-state index >= 15 is 0 Å². The van der Waals surface area contributed by atoms with Crippen molar-refractivity contribution in [2.24, 2.45) is 5.73 Å². The average Bonchev–Trinajstić information content (AvgIpc) is 2.96. The van der Waals surface area contributed by atoms with Gasteiger partial charge in [-0.05, 0) is 30.1 Å². The van der Waals surface area contributed by atoms with Gasteiger partial charge >= 0.3 is 0 Å². The number of aryl methyl sites for hydroxylation is 1. The summed E-state index contributed by atoms with van der Waals surface area (Å²) in [5.74, 6) is 0. The van der Waals surface area contributed by atoms with E-state index in [4.69, 9.17) is 5.73 Å². The zero-order valence-electron chi connectivity index (χ0n) is 12.0. The minimum atomic E-state index is -0.0831. The highest BCUT2D eigenvalue weighted by atomic mass is 32.1. The molecule has 2 heterocycles. The predicted octanol–water partition coefficient (Wildman–Crippen LogP) is 3.28. The summed E-state index contributed by atoms with van der Waals surface area (Å²) >= 11 is 1.41. The van der Waals surface area contributed by atoms with E-state index in [0.29, 0.717) is 6.42 Å². The van der Waals surface area contributed by atoms with Crippen LogP contribution in [0.2, 0.25) is 0 Å². The number of aromatic nitrogens is 3. The van der Waals surface area contributed by atoms with Crippen LogP contribution < -0.4 is 5.73 Å². The van der Waals surface area contributed by atoms with Crippen LogP contribution in [0.3, 0.4) is 0 Å². The van der Waals surface area contributed by atoms with E-state index in [1.54, 1.807) is 0 Å². The first-order valence-electron chi connectivity index (χ1n) is 7.19. The van der Waals surface area contributed by atoms with Crippen molar-refractivity contribution in [2.45, 2.75) is 32.2 Å². The Bertz CT molecular complexity index is 738. The predicted molar refractivity (Wildman–Crippen MR) is 86.3 cm³/mol. The molecule has 0 fully saturated rings. The van der Waals surface area contributed by atoms with Crippen molar-refractivity contribution in [3.8, 4) is 0 Å². The molecule has 0 aliphatic carbocycles. The minimum absolute atomic E-state index is 0.0831. The van der Waals surface area contributed by atoms with Gasteiger partial charge in [0.15, 0.2) is 0 Å². The number of hydrogen-bond donors (Lipinski definition) is 1. The smallest absolute Gasteiger partial charge is 0.0803 e. The molecule has 0 saturated heterocycles. The van der Waals surface area contributed by atoms with Crippen LogP contribution in [-0.2, 0) is 12.8 Å². The fourth-order valence-electron chi connectivity index (χ4n) is 2.45. The van der Waals surface area contributed by atoms with Crippen LogP contribution in [0.1, 0.15) is 35.7 Å². The summed E-state index contributed by atoms with van der Waals surface area (Å²) in [4.78, 5) is 5.77. The van der Waals surface area contributed by atoms with Gasteiger partial charge in [-0.25, -0.2) is 0 Å². The second-order valence-corrected chi connectivity index (χ2v) is 5.93. The summed E-state index contributed by atoms with van der Waals surface area (Å²) < 4.78 is 4.04. The van der Waals surface area contributed by atoms with Crippen LogP contribution in [0.15, 0.2) is 36.4 Å². The fraction of sp³-hybridized carbons (Fsp3) is 0.312. The lowest BCUT2D eigenvalue weighted by molar-refractivity contribution is 0.703. The number of benzene rings is 1. The molecular formula is C16H18N4S. The first-order valence-corrected chi connectivity index (χ1v) is 7.96. The van der Waals surface area contributed by atoms with Gasteiger partial charge < -0.3 is 5.73 Å². The molecule has 0 aliphatic heterocycles. The number of nitrogens with two attached hydrogens (primary N) is 1. The van der Waals surface area contributed by atoms with E-state index in [2.05, 4.69) is 39.7 Å². The highest BCUT2D eigenvalue weighted by Gasteiger charge is 2.16. The molecule has 4 nitrogen and oxygen atoms in total. The monoisotopic (exact) mass is 298 g/mol. The van der Waals surface area contributed by atoms with E-state index < -0.39 is 0 Å². The Morgan fingerprint density at radius 2 is 2.05 bits per heavy atom. The third-order valence-electron chi connectivity index (χ3n) is 3.49. The maximum atomic E-state index is 6.34. The lowest BCUT2D eigenvalue weighted by atomic mass is 10.1. The maximum Gasteiger partial charge on any atom is 0.0803 e. The van der Waals surface area contributed by atoms with Crippen LogP contribution in [0.4, 0.5) is 0 Å². The van der Waals surface area contributed by atoms with Gasteiger partial charge in [0.25, 0.3) is 0 Å². The van der Waals surface area contributed by atoms with Crippen LogP contribution in [0, 0.1) is 0 Å². The Balaban J connectivity index is 1.82. The molecule has 3 rings (SSSR count). The van der Waals surface area contributed by atoms with Gasteiger partial charge in [-0.1, -0.05) is 42.1 Å². The molecule has 108 valence electrons. The molecule has 0 radical (unpaired) electrons. The summed E-state index contributed by atoms with van der Waals surface area (Å²) in [5.41, 5.74) is 9.40. The van der Waals surface area contributed by atoms with E-state index in [1.165, 1.54) is 11.5 Å². The second-order valence-electron chi connectivity index (χ2n) is 5.14. The Morgan fingerprint density at radius 1 is 1.19 bits per heavy atom. The fourth-order valence-corrected chi connectivity index (χ4v) is 3.14. The highest BCUT2D eigenvalue weighted by molar-refractivity contribution is 7.05. The summed E-state index contributed by atoms with van der Waals surface area (Å²) in [7, 11) is 0. The highest BCUT2D eigenvalue weighted by Crippen LogP contribution is 2.23. The summed E-state index contributed by atoms with van der Waals surface area (Å²) in [6.07, 6.45) is 2.70. The van der Waals surface area contributed by atoms with Crippen molar-refractivity contribution in [3.05, 3.63) is 52.7 Å². The van der Waals surface area contributed by atoms with Gasteiger partial charge in [0.05, 0.1) is 16.1 Å². The Labute approximate surface area is 128 Å². The minimum Gasteiger partial charge on any atom is -0.323 e. The van der Waals surface area contributed by atoms with Crippen molar-refractivity contribution in [2.75, 3.05) is 0 Å². The molecule has 0 aliphatic rings. The molecule has 0 amide bonds. The second kappa shape index (κ2) is 6.28. The lowest BCUT2D eigenvalue weighted by Gasteiger charge is -2.10. The normalized spacial score (nSPS) is 12.7. The molecule has 0 bridgehead atoms. The number of hydrogen-bond acceptors (Lipinski definition) is 5. The third kappa shape index (κ3) is 3.09. The van der Waals surface area contributed by atoms with Gasteiger partial charge in [-0.15, -0.1) is 5.10 Å². The molecule has 21 heavy (non-hydrogen) atoms. The van der Waals surface area contributed by atoms with Crippen molar-refractivity contribution in [1.29, 1.82) is 0 Å².